The van der Waals surface area contributed by atoms with Gasteiger partial charge in [0.2, 0.25) is 0 Å². The fourth-order valence-corrected chi connectivity index (χ4v) is 1.12. The number of ketones is 1. The number of hydrogen-bond acceptors (Lipinski definition) is 2. The lowest BCUT2D eigenvalue weighted by molar-refractivity contribution is -0.117. The second-order valence-corrected chi connectivity index (χ2v) is 3.44. The number of Topliss-reactive ketones (excluding diaryl/α,β-unsaturated/α-hetero) is 1. The van der Waals surface area contributed by atoms with Gasteiger partial charge in [0.25, 0.3) is 0 Å². The van der Waals surface area contributed by atoms with Crippen molar-refractivity contribution in [3.8, 4) is 0 Å². The number of carbonyl (C=O) groups is 1. The first-order valence-corrected chi connectivity index (χ1v) is 4.56. The standard InChI is InChI=1S/C7H14OS/c1-6(2)4-7(8)5-9-3/h6H,4-5H2,1-3H3. The maximum Gasteiger partial charge on any atom is 0.142 e. The molecular formula is C7H14OS. The lowest BCUT2D eigenvalue weighted by Crippen LogP contribution is -2.04. The minimum absolute atomic E-state index is 0.373. The van der Waals surface area contributed by atoms with E-state index in [-0.39, 0.29) is 0 Å². The van der Waals surface area contributed by atoms with Gasteiger partial charge < -0.3 is 0 Å². The van der Waals surface area contributed by atoms with Gasteiger partial charge in [0.15, 0.2) is 0 Å². The summed E-state index contributed by atoms with van der Waals surface area (Å²) < 4.78 is 0. The molecule has 0 heterocycles. The van der Waals surface area contributed by atoms with Gasteiger partial charge in [0.05, 0.1) is 5.75 Å². The third kappa shape index (κ3) is 5.90. The van der Waals surface area contributed by atoms with Gasteiger partial charge in [-0.25, -0.2) is 0 Å². The van der Waals surface area contributed by atoms with Crippen molar-refractivity contribution in [2.24, 2.45) is 5.92 Å². The molecule has 0 rings (SSSR count). The predicted octanol–water partition coefficient (Wildman–Crippen LogP) is 1.96. The molecule has 0 amide bonds. The summed E-state index contributed by atoms with van der Waals surface area (Å²) in [7, 11) is 0. The van der Waals surface area contributed by atoms with Gasteiger partial charge in [-0.15, -0.1) is 0 Å². The van der Waals surface area contributed by atoms with Crippen LogP contribution in [0, 0.1) is 5.92 Å². The van der Waals surface area contributed by atoms with E-state index in [2.05, 4.69) is 13.8 Å². The van der Waals surface area contributed by atoms with E-state index in [1.165, 1.54) is 0 Å². The molecule has 0 aromatic heterocycles. The highest BCUT2D eigenvalue weighted by Gasteiger charge is 2.02. The van der Waals surface area contributed by atoms with Gasteiger partial charge in [-0.1, -0.05) is 13.8 Å². The Hall–Kier alpha value is 0.0200. The summed E-state index contributed by atoms with van der Waals surface area (Å²) in [5.74, 6) is 1.57. The first kappa shape index (κ1) is 9.02. The molecule has 2 heteroatoms. The van der Waals surface area contributed by atoms with Crippen molar-refractivity contribution in [2.45, 2.75) is 20.3 Å². The fraction of sp³-hybridized carbons (Fsp3) is 0.857. The number of rotatable bonds is 4. The summed E-state index contributed by atoms with van der Waals surface area (Å²) in [6.45, 7) is 4.14. The first-order chi connectivity index (χ1) is 4.16. The normalized spacial score (nSPS) is 10.2. The molecule has 0 spiro atoms. The number of carbonyl (C=O) groups excluding carboxylic acids is 1. The van der Waals surface area contributed by atoms with Crippen LogP contribution in [0.4, 0.5) is 0 Å². The largest absolute Gasteiger partial charge is 0.299 e. The van der Waals surface area contributed by atoms with E-state index >= 15 is 0 Å². The molecule has 0 fully saturated rings. The van der Waals surface area contributed by atoms with Gasteiger partial charge in [-0.3, -0.25) is 4.79 Å². The molecule has 0 aliphatic rings. The maximum atomic E-state index is 10.8. The number of hydrogen-bond donors (Lipinski definition) is 0. The molecule has 9 heavy (non-hydrogen) atoms. The molecule has 0 bridgehead atoms. The minimum atomic E-state index is 0.373. The Morgan fingerprint density at radius 1 is 1.56 bits per heavy atom. The molecule has 0 saturated carbocycles. The summed E-state index contributed by atoms with van der Waals surface area (Å²) in [4.78, 5) is 10.8. The van der Waals surface area contributed by atoms with Crippen LogP contribution in [0.3, 0.4) is 0 Å². The second kappa shape index (κ2) is 4.86. The molecule has 0 saturated heterocycles. The zero-order chi connectivity index (χ0) is 7.28. The van der Waals surface area contributed by atoms with E-state index in [0.717, 1.165) is 6.42 Å². The molecular weight excluding hydrogens is 132 g/mol. The molecule has 0 aliphatic heterocycles. The zero-order valence-electron chi connectivity index (χ0n) is 6.31. The summed E-state index contributed by atoms with van der Waals surface area (Å²) in [6.07, 6.45) is 2.69. The van der Waals surface area contributed by atoms with Crippen molar-refractivity contribution in [3.63, 3.8) is 0 Å². The van der Waals surface area contributed by atoms with Crippen LogP contribution in [-0.2, 0) is 4.79 Å². The summed E-state index contributed by atoms with van der Waals surface area (Å²) in [6, 6.07) is 0. The monoisotopic (exact) mass is 146 g/mol. The van der Waals surface area contributed by atoms with Gasteiger partial charge in [-0.2, -0.15) is 11.8 Å². The first-order valence-electron chi connectivity index (χ1n) is 3.17. The maximum absolute atomic E-state index is 10.8. The Balaban J connectivity index is 3.27. The lowest BCUT2D eigenvalue weighted by atomic mass is 10.1. The van der Waals surface area contributed by atoms with E-state index < -0.39 is 0 Å². The molecule has 0 aromatic carbocycles. The average molecular weight is 146 g/mol. The fourth-order valence-electron chi connectivity index (χ4n) is 0.675. The van der Waals surface area contributed by atoms with Crippen molar-refractivity contribution in [2.75, 3.05) is 12.0 Å². The van der Waals surface area contributed by atoms with Crippen LogP contribution < -0.4 is 0 Å². The van der Waals surface area contributed by atoms with E-state index in [1.54, 1.807) is 11.8 Å². The lowest BCUT2D eigenvalue weighted by Gasteiger charge is -2.00. The van der Waals surface area contributed by atoms with Crippen LogP contribution in [-0.4, -0.2) is 17.8 Å². The summed E-state index contributed by atoms with van der Waals surface area (Å²) in [5.41, 5.74) is 0. The van der Waals surface area contributed by atoms with Gasteiger partial charge in [0, 0.05) is 6.42 Å². The van der Waals surface area contributed by atoms with Crippen molar-refractivity contribution >= 4 is 17.5 Å². The van der Waals surface area contributed by atoms with E-state index in [4.69, 9.17) is 0 Å². The Labute approximate surface area is 61.2 Å². The highest BCUT2D eigenvalue weighted by Crippen LogP contribution is 2.03. The predicted molar refractivity (Wildman–Crippen MR) is 42.8 cm³/mol. The Morgan fingerprint density at radius 2 is 2.11 bits per heavy atom. The average Bonchev–Trinajstić information content (AvgIpc) is 1.63. The SMILES string of the molecule is CSCC(=O)CC(C)C. The van der Waals surface area contributed by atoms with Crippen molar-refractivity contribution in [1.82, 2.24) is 0 Å². The Kier molecular flexibility index (Phi) is 4.87. The van der Waals surface area contributed by atoms with E-state index in [0.29, 0.717) is 17.5 Å². The van der Waals surface area contributed by atoms with Crippen LogP contribution in [0.1, 0.15) is 20.3 Å². The smallest absolute Gasteiger partial charge is 0.142 e. The van der Waals surface area contributed by atoms with Crippen LogP contribution in [0.15, 0.2) is 0 Å². The van der Waals surface area contributed by atoms with Crippen molar-refractivity contribution < 1.29 is 4.79 Å². The van der Waals surface area contributed by atoms with Crippen LogP contribution in [0.5, 0.6) is 0 Å². The summed E-state index contributed by atoms with van der Waals surface area (Å²) >= 11 is 1.60. The highest BCUT2D eigenvalue weighted by molar-refractivity contribution is 7.99. The van der Waals surface area contributed by atoms with Crippen LogP contribution in [0.25, 0.3) is 0 Å². The topological polar surface area (TPSA) is 17.1 Å². The Morgan fingerprint density at radius 3 is 2.44 bits per heavy atom. The molecule has 1 nitrogen and oxygen atoms in total. The van der Waals surface area contributed by atoms with Gasteiger partial charge in [-0.05, 0) is 12.2 Å². The second-order valence-electron chi connectivity index (χ2n) is 2.57. The molecule has 0 N–H and O–H groups in total. The van der Waals surface area contributed by atoms with Gasteiger partial charge >= 0.3 is 0 Å². The molecule has 0 aliphatic carbocycles. The highest BCUT2D eigenvalue weighted by atomic mass is 32.2. The minimum Gasteiger partial charge on any atom is -0.299 e. The zero-order valence-corrected chi connectivity index (χ0v) is 7.12. The summed E-state index contributed by atoms with van der Waals surface area (Å²) in [5, 5.41) is 0. The number of thioether (sulfide) groups is 1. The van der Waals surface area contributed by atoms with Gasteiger partial charge in [0.1, 0.15) is 5.78 Å². The molecule has 0 radical (unpaired) electrons. The van der Waals surface area contributed by atoms with Crippen LogP contribution in [0.2, 0.25) is 0 Å². The Bertz CT molecular complexity index is 88.9. The van der Waals surface area contributed by atoms with Crippen molar-refractivity contribution in [1.29, 1.82) is 0 Å². The molecule has 54 valence electrons. The molecule has 0 atom stereocenters. The van der Waals surface area contributed by atoms with Crippen LogP contribution >= 0.6 is 11.8 Å². The third-order valence-electron chi connectivity index (χ3n) is 0.941. The quantitative estimate of drug-likeness (QED) is 0.603. The van der Waals surface area contributed by atoms with E-state index in [9.17, 15) is 4.79 Å². The molecule has 0 aromatic rings. The van der Waals surface area contributed by atoms with Crippen molar-refractivity contribution in [3.05, 3.63) is 0 Å². The van der Waals surface area contributed by atoms with E-state index in [1.807, 2.05) is 6.26 Å². The third-order valence-corrected chi connectivity index (χ3v) is 1.55. The molecule has 0 unspecified atom stereocenters.